The Bertz CT molecular complexity index is 1170. The van der Waals surface area contributed by atoms with Crippen LogP contribution in [0.15, 0.2) is 54.6 Å². The van der Waals surface area contributed by atoms with Crippen LogP contribution in [0.5, 0.6) is 0 Å². The summed E-state index contributed by atoms with van der Waals surface area (Å²) >= 11 is 0. The molecule has 0 bridgehead atoms. The minimum Gasteiger partial charge on any atom is -0.368 e. The van der Waals surface area contributed by atoms with Gasteiger partial charge in [0.1, 0.15) is 11.9 Å². The van der Waals surface area contributed by atoms with Crippen molar-refractivity contribution in [2.75, 3.05) is 7.05 Å². The zero-order chi connectivity index (χ0) is 23.4. The average molecular weight is 435 g/mol. The van der Waals surface area contributed by atoms with Gasteiger partial charge in [0.05, 0.1) is 12.2 Å². The number of carbonyl (C=O) groups excluding carboxylic acids is 2. The number of rotatable bonds is 7. The first-order valence-electron chi connectivity index (χ1n) is 10.3. The fourth-order valence-electron chi connectivity index (χ4n) is 3.63. The monoisotopic (exact) mass is 434 g/mol. The maximum absolute atomic E-state index is 13.6. The molecule has 2 N–H and O–H groups in total. The zero-order valence-corrected chi connectivity index (χ0v) is 18.7. The maximum Gasteiger partial charge on any atom is 0.247 e. The van der Waals surface area contributed by atoms with Gasteiger partial charge in [0, 0.05) is 24.4 Å². The van der Waals surface area contributed by atoms with Crippen molar-refractivity contribution in [3.05, 3.63) is 94.1 Å². The number of aromatic nitrogens is 2. The molecule has 3 rings (SSSR count). The largest absolute Gasteiger partial charge is 0.368 e. The Kier molecular flexibility index (Phi) is 6.88. The number of aryl methyl sites for hydroxylation is 2. The van der Waals surface area contributed by atoms with E-state index in [2.05, 4.69) is 29.4 Å². The Morgan fingerprint density at radius 3 is 2.47 bits per heavy atom. The van der Waals surface area contributed by atoms with E-state index in [-0.39, 0.29) is 0 Å². The van der Waals surface area contributed by atoms with Crippen LogP contribution in [0.4, 0.5) is 4.39 Å². The molecule has 1 aromatic heterocycles. The van der Waals surface area contributed by atoms with E-state index < -0.39 is 23.7 Å². The standard InChI is InChI=1S/C25H27FN4O2/c1-16-8-10-19(11-9-16)15-30-18(3)22(17(2)28-30)12-13-23(31)29(4)24(25(27)32)20-6-5-7-21(26)14-20/h5-14,24H,15H2,1-4H3,(H2,27,32)/b13-12+. The van der Waals surface area contributed by atoms with Crippen LogP contribution in [0.3, 0.4) is 0 Å². The first-order valence-corrected chi connectivity index (χ1v) is 10.3. The highest BCUT2D eigenvalue weighted by Crippen LogP contribution is 2.22. The average Bonchev–Trinajstić information content (AvgIpc) is 3.00. The molecule has 0 aliphatic heterocycles. The van der Waals surface area contributed by atoms with Crippen LogP contribution in [-0.4, -0.2) is 33.5 Å². The molecule has 0 saturated carbocycles. The maximum atomic E-state index is 13.6. The predicted molar refractivity (Wildman–Crippen MR) is 122 cm³/mol. The third-order valence-electron chi connectivity index (χ3n) is 5.45. The lowest BCUT2D eigenvalue weighted by atomic mass is 10.0. The molecule has 1 unspecified atom stereocenters. The first-order chi connectivity index (χ1) is 15.2. The van der Waals surface area contributed by atoms with E-state index in [0.717, 1.165) is 22.5 Å². The number of hydrogen-bond donors (Lipinski definition) is 1. The Balaban J connectivity index is 1.80. The van der Waals surface area contributed by atoms with Crippen LogP contribution < -0.4 is 5.73 Å². The Morgan fingerprint density at radius 1 is 1.16 bits per heavy atom. The molecule has 0 aliphatic rings. The highest BCUT2D eigenvalue weighted by atomic mass is 19.1. The Labute approximate surface area is 187 Å². The molecule has 0 radical (unpaired) electrons. The highest BCUT2D eigenvalue weighted by Gasteiger charge is 2.26. The third kappa shape index (κ3) is 5.11. The van der Waals surface area contributed by atoms with Crippen molar-refractivity contribution in [2.45, 2.75) is 33.4 Å². The van der Waals surface area contributed by atoms with E-state index in [4.69, 9.17) is 5.73 Å². The Hall–Kier alpha value is -3.74. The molecule has 0 fully saturated rings. The molecule has 1 heterocycles. The summed E-state index contributed by atoms with van der Waals surface area (Å²) in [6.45, 7) is 6.49. The van der Waals surface area contributed by atoms with E-state index in [1.54, 1.807) is 12.1 Å². The van der Waals surface area contributed by atoms with E-state index in [9.17, 15) is 14.0 Å². The van der Waals surface area contributed by atoms with E-state index in [1.165, 1.54) is 41.8 Å². The van der Waals surface area contributed by atoms with E-state index in [1.807, 2.05) is 25.5 Å². The van der Waals surface area contributed by atoms with Gasteiger partial charge in [-0.15, -0.1) is 0 Å². The summed E-state index contributed by atoms with van der Waals surface area (Å²) in [7, 11) is 1.47. The van der Waals surface area contributed by atoms with Gasteiger partial charge in [-0.2, -0.15) is 5.10 Å². The normalized spacial score (nSPS) is 12.2. The quantitative estimate of drug-likeness (QED) is 0.576. The van der Waals surface area contributed by atoms with Crippen molar-refractivity contribution < 1.29 is 14.0 Å². The van der Waals surface area contributed by atoms with Crippen LogP contribution in [0.25, 0.3) is 6.08 Å². The number of hydrogen-bond acceptors (Lipinski definition) is 3. The van der Waals surface area contributed by atoms with Gasteiger partial charge in [0.15, 0.2) is 0 Å². The SMILES string of the molecule is Cc1ccc(Cn2nc(C)c(/C=C/C(=O)N(C)C(C(N)=O)c3cccc(F)c3)c2C)cc1. The van der Waals surface area contributed by atoms with E-state index in [0.29, 0.717) is 12.1 Å². The van der Waals surface area contributed by atoms with Crippen LogP contribution in [0.1, 0.15) is 39.7 Å². The van der Waals surface area contributed by atoms with Gasteiger partial charge in [-0.3, -0.25) is 14.3 Å². The van der Waals surface area contributed by atoms with E-state index >= 15 is 0 Å². The van der Waals surface area contributed by atoms with Crippen LogP contribution in [-0.2, 0) is 16.1 Å². The van der Waals surface area contributed by atoms with Gasteiger partial charge in [-0.05, 0) is 50.1 Å². The number of primary amides is 1. The highest BCUT2D eigenvalue weighted by molar-refractivity contribution is 5.95. The van der Waals surface area contributed by atoms with Crippen molar-refractivity contribution in [1.82, 2.24) is 14.7 Å². The minimum atomic E-state index is -1.07. The molecule has 0 saturated heterocycles. The summed E-state index contributed by atoms with van der Waals surface area (Å²) < 4.78 is 15.5. The summed E-state index contributed by atoms with van der Waals surface area (Å²) in [5.74, 6) is -1.67. The van der Waals surface area contributed by atoms with Gasteiger partial charge < -0.3 is 10.6 Å². The predicted octanol–water partition coefficient (Wildman–Crippen LogP) is 3.69. The number of nitrogens with two attached hydrogens (primary N) is 1. The lowest BCUT2D eigenvalue weighted by Gasteiger charge is -2.25. The molecule has 2 aromatic carbocycles. The Morgan fingerprint density at radius 2 is 1.84 bits per heavy atom. The van der Waals surface area contributed by atoms with Crippen molar-refractivity contribution >= 4 is 17.9 Å². The molecule has 166 valence electrons. The van der Waals surface area contributed by atoms with Gasteiger partial charge in [0.2, 0.25) is 11.8 Å². The minimum absolute atomic E-state index is 0.319. The number of benzene rings is 2. The molecule has 6 nitrogen and oxygen atoms in total. The number of carbonyl (C=O) groups is 2. The summed E-state index contributed by atoms with van der Waals surface area (Å²) in [5, 5.41) is 4.60. The van der Waals surface area contributed by atoms with Crippen molar-refractivity contribution in [2.24, 2.45) is 5.73 Å². The molecule has 7 heteroatoms. The second-order valence-corrected chi connectivity index (χ2v) is 7.87. The molecular formula is C25H27FN4O2. The lowest BCUT2D eigenvalue weighted by Crippen LogP contribution is -2.38. The van der Waals surface area contributed by atoms with Crippen molar-refractivity contribution in [1.29, 1.82) is 0 Å². The molecule has 1 atom stereocenters. The second-order valence-electron chi connectivity index (χ2n) is 7.87. The number of nitrogens with zero attached hydrogens (tertiary/aromatic N) is 3. The number of likely N-dealkylation sites (N-methyl/N-ethyl adjacent to an activating group) is 1. The van der Waals surface area contributed by atoms with Crippen molar-refractivity contribution in [3.63, 3.8) is 0 Å². The zero-order valence-electron chi connectivity index (χ0n) is 18.7. The topological polar surface area (TPSA) is 81.2 Å². The number of halogens is 1. The van der Waals surface area contributed by atoms with Gasteiger partial charge in [-0.1, -0.05) is 42.0 Å². The molecular weight excluding hydrogens is 407 g/mol. The molecule has 0 spiro atoms. The lowest BCUT2D eigenvalue weighted by molar-refractivity contribution is -0.134. The first kappa shape index (κ1) is 22.9. The summed E-state index contributed by atoms with van der Waals surface area (Å²) in [6.07, 6.45) is 3.06. The van der Waals surface area contributed by atoms with Gasteiger partial charge in [0.25, 0.3) is 0 Å². The van der Waals surface area contributed by atoms with Crippen molar-refractivity contribution in [3.8, 4) is 0 Å². The van der Waals surface area contributed by atoms with Crippen LogP contribution >= 0.6 is 0 Å². The second kappa shape index (κ2) is 9.60. The van der Waals surface area contributed by atoms with Gasteiger partial charge in [-0.25, -0.2) is 4.39 Å². The summed E-state index contributed by atoms with van der Waals surface area (Å²) in [6, 6.07) is 12.7. The van der Waals surface area contributed by atoms with Gasteiger partial charge >= 0.3 is 0 Å². The molecule has 2 amide bonds. The summed E-state index contributed by atoms with van der Waals surface area (Å²) in [4.78, 5) is 26.0. The molecule has 32 heavy (non-hydrogen) atoms. The molecule has 3 aromatic rings. The number of amides is 2. The fourth-order valence-corrected chi connectivity index (χ4v) is 3.63. The fraction of sp³-hybridized carbons (Fsp3) is 0.240. The van der Waals surface area contributed by atoms with Crippen LogP contribution in [0.2, 0.25) is 0 Å². The molecule has 0 aliphatic carbocycles. The smallest absolute Gasteiger partial charge is 0.247 e. The third-order valence-corrected chi connectivity index (χ3v) is 5.45. The van der Waals surface area contributed by atoms with Crippen LogP contribution in [0, 0.1) is 26.6 Å². The summed E-state index contributed by atoms with van der Waals surface area (Å²) in [5.41, 5.74) is 10.7.